The smallest absolute Gasteiger partial charge is 0.169 e. The number of aryl methyl sites for hydroxylation is 2. The van der Waals surface area contributed by atoms with Gasteiger partial charge < -0.3 is 19.9 Å². The standard InChI is InChI=1S/C24H26ClN5O3.ClH/c1-6-7-16-20-21(30(2)29-16)23(26)28-24(27-20)14-9-11-18(32-4)22(33-5)19(14)13-8-10-17(31-3)15(25)12-13;/h8-12H,6-7H2,1-5H3,(H2,26,27,28);1H. The van der Waals surface area contributed by atoms with Gasteiger partial charge in [0.2, 0.25) is 0 Å². The van der Waals surface area contributed by atoms with Crippen LogP contribution in [0.5, 0.6) is 17.2 Å². The molecule has 0 aliphatic rings. The Hall–Kier alpha value is -3.23. The Morgan fingerprint density at radius 2 is 1.71 bits per heavy atom. The molecule has 8 nitrogen and oxygen atoms in total. The zero-order chi connectivity index (χ0) is 23.7. The summed E-state index contributed by atoms with van der Waals surface area (Å²) in [4.78, 5) is 9.52. The Bertz CT molecular complexity index is 1340. The summed E-state index contributed by atoms with van der Waals surface area (Å²) in [6.07, 6.45) is 1.73. The van der Waals surface area contributed by atoms with Crippen molar-refractivity contribution in [3.63, 3.8) is 0 Å². The lowest BCUT2D eigenvalue weighted by Gasteiger charge is -2.18. The topological polar surface area (TPSA) is 97.3 Å². The van der Waals surface area contributed by atoms with Gasteiger partial charge in [-0.3, -0.25) is 4.68 Å². The molecule has 2 aromatic carbocycles. The fourth-order valence-electron chi connectivity index (χ4n) is 4.02. The number of nitrogens with zero attached hydrogens (tertiary/aromatic N) is 4. The van der Waals surface area contributed by atoms with Crippen LogP contribution in [-0.4, -0.2) is 41.1 Å². The van der Waals surface area contributed by atoms with Gasteiger partial charge in [0, 0.05) is 18.2 Å². The highest BCUT2D eigenvalue weighted by atomic mass is 35.5. The number of methoxy groups -OCH3 is 3. The van der Waals surface area contributed by atoms with Gasteiger partial charge in [-0.2, -0.15) is 5.10 Å². The third-order valence-electron chi connectivity index (χ3n) is 5.49. The van der Waals surface area contributed by atoms with E-state index in [9.17, 15) is 0 Å². The van der Waals surface area contributed by atoms with E-state index in [1.54, 1.807) is 32.1 Å². The van der Waals surface area contributed by atoms with Crippen LogP contribution in [0, 0.1) is 0 Å². The summed E-state index contributed by atoms with van der Waals surface area (Å²) in [7, 11) is 6.61. The van der Waals surface area contributed by atoms with E-state index in [2.05, 4.69) is 17.0 Å². The number of aromatic nitrogens is 4. The molecule has 0 unspecified atom stereocenters. The van der Waals surface area contributed by atoms with Crippen molar-refractivity contribution in [1.29, 1.82) is 0 Å². The van der Waals surface area contributed by atoms with Crippen LogP contribution in [0.4, 0.5) is 5.82 Å². The summed E-state index contributed by atoms with van der Waals surface area (Å²) in [6, 6.07) is 9.24. The van der Waals surface area contributed by atoms with E-state index in [1.165, 1.54) is 0 Å². The van der Waals surface area contributed by atoms with Crippen LogP contribution in [0.15, 0.2) is 30.3 Å². The fraction of sp³-hybridized carbons (Fsp3) is 0.292. The number of rotatable bonds is 7. The van der Waals surface area contributed by atoms with Crippen LogP contribution in [-0.2, 0) is 13.5 Å². The van der Waals surface area contributed by atoms with Crippen LogP contribution in [0.1, 0.15) is 19.0 Å². The van der Waals surface area contributed by atoms with Crippen molar-refractivity contribution in [1.82, 2.24) is 19.7 Å². The van der Waals surface area contributed by atoms with Crippen molar-refractivity contribution in [2.75, 3.05) is 27.1 Å². The highest BCUT2D eigenvalue weighted by molar-refractivity contribution is 6.32. The lowest BCUT2D eigenvalue weighted by Crippen LogP contribution is -2.02. The molecule has 0 amide bonds. The van der Waals surface area contributed by atoms with Crippen LogP contribution in [0.25, 0.3) is 33.5 Å². The number of nitrogen functional groups attached to an aromatic ring is 1. The fourth-order valence-corrected chi connectivity index (χ4v) is 4.28. The van der Waals surface area contributed by atoms with Gasteiger partial charge in [-0.25, -0.2) is 9.97 Å². The highest BCUT2D eigenvalue weighted by Crippen LogP contribution is 2.45. The molecule has 0 spiro atoms. The third kappa shape index (κ3) is 4.31. The van der Waals surface area contributed by atoms with Crippen LogP contribution in [0.2, 0.25) is 5.02 Å². The molecule has 180 valence electrons. The van der Waals surface area contributed by atoms with E-state index < -0.39 is 0 Å². The van der Waals surface area contributed by atoms with Gasteiger partial charge in [-0.15, -0.1) is 12.4 Å². The van der Waals surface area contributed by atoms with Gasteiger partial charge in [-0.05, 0) is 36.2 Å². The predicted molar refractivity (Wildman–Crippen MR) is 137 cm³/mol. The molecule has 0 bridgehead atoms. The highest BCUT2D eigenvalue weighted by Gasteiger charge is 2.23. The summed E-state index contributed by atoms with van der Waals surface area (Å²) in [5.41, 5.74) is 11.0. The van der Waals surface area contributed by atoms with Crippen molar-refractivity contribution in [2.45, 2.75) is 19.8 Å². The van der Waals surface area contributed by atoms with Crippen LogP contribution in [0.3, 0.4) is 0 Å². The molecule has 34 heavy (non-hydrogen) atoms. The number of ether oxygens (including phenoxy) is 3. The van der Waals surface area contributed by atoms with Crippen LogP contribution >= 0.6 is 24.0 Å². The molecule has 10 heteroatoms. The van der Waals surface area contributed by atoms with Crippen molar-refractivity contribution in [2.24, 2.45) is 7.05 Å². The van der Waals surface area contributed by atoms with Gasteiger partial charge in [0.05, 0.1) is 32.0 Å². The van der Waals surface area contributed by atoms with Gasteiger partial charge in [-0.1, -0.05) is 31.0 Å². The molecule has 4 rings (SSSR count). The minimum absolute atomic E-state index is 0. The molecular weight excluding hydrogens is 477 g/mol. The summed E-state index contributed by atoms with van der Waals surface area (Å²) >= 11 is 6.45. The Labute approximate surface area is 209 Å². The number of anilines is 1. The van der Waals surface area contributed by atoms with E-state index in [1.807, 2.05) is 31.3 Å². The maximum absolute atomic E-state index is 6.45. The van der Waals surface area contributed by atoms with Crippen molar-refractivity contribution in [3.05, 3.63) is 41.0 Å². The molecule has 0 aliphatic carbocycles. The molecule has 0 fully saturated rings. The van der Waals surface area contributed by atoms with E-state index in [4.69, 9.17) is 36.5 Å². The molecule has 2 aromatic heterocycles. The van der Waals surface area contributed by atoms with E-state index in [0.29, 0.717) is 33.9 Å². The van der Waals surface area contributed by atoms with Crippen molar-refractivity contribution >= 4 is 40.9 Å². The molecule has 0 saturated heterocycles. The normalized spacial score (nSPS) is 10.8. The number of hydrogen-bond donors (Lipinski definition) is 1. The largest absolute Gasteiger partial charge is 0.495 e. The van der Waals surface area contributed by atoms with E-state index >= 15 is 0 Å². The Kier molecular flexibility index (Phi) is 7.74. The Balaban J connectivity index is 0.00000324. The maximum Gasteiger partial charge on any atom is 0.169 e. The number of fused-ring (bicyclic) bond motifs is 1. The van der Waals surface area contributed by atoms with Crippen molar-refractivity contribution < 1.29 is 14.2 Å². The molecule has 0 aliphatic heterocycles. The minimum atomic E-state index is 0. The number of benzene rings is 2. The van der Waals surface area contributed by atoms with E-state index in [-0.39, 0.29) is 12.4 Å². The first-order valence-corrected chi connectivity index (χ1v) is 10.9. The van der Waals surface area contributed by atoms with Crippen molar-refractivity contribution in [3.8, 4) is 39.8 Å². The zero-order valence-electron chi connectivity index (χ0n) is 19.7. The molecular formula is C24H27Cl2N5O3. The van der Waals surface area contributed by atoms with Gasteiger partial charge >= 0.3 is 0 Å². The SMILES string of the molecule is CCCc1nn(C)c2c(N)nc(-c3ccc(OC)c(OC)c3-c3ccc(OC)c(Cl)c3)nc12.Cl. The lowest BCUT2D eigenvalue weighted by molar-refractivity contribution is 0.356. The molecule has 2 N–H and O–H groups in total. The summed E-state index contributed by atoms with van der Waals surface area (Å²) in [5.74, 6) is 2.52. The first-order chi connectivity index (χ1) is 15.9. The van der Waals surface area contributed by atoms with Gasteiger partial charge in [0.1, 0.15) is 16.8 Å². The third-order valence-corrected chi connectivity index (χ3v) is 5.79. The van der Waals surface area contributed by atoms with Gasteiger partial charge in [0.15, 0.2) is 23.1 Å². The molecule has 4 aromatic rings. The van der Waals surface area contributed by atoms with E-state index in [0.717, 1.165) is 46.3 Å². The second-order valence-corrected chi connectivity index (χ2v) is 7.93. The molecule has 0 atom stereocenters. The maximum atomic E-state index is 6.45. The van der Waals surface area contributed by atoms with Gasteiger partial charge in [0.25, 0.3) is 0 Å². The second kappa shape index (κ2) is 10.4. The molecule has 2 heterocycles. The number of nitrogens with two attached hydrogens (primary N) is 1. The Morgan fingerprint density at radius 1 is 1.00 bits per heavy atom. The number of hydrogen-bond acceptors (Lipinski definition) is 7. The predicted octanol–water partition coefficient (Wildman–Crippen LogP) is 5.33. The quantitative estimate of drug-likeness (QED) is 0.363. The summed E-state index contributed by atoms with van der Waals surface area (Å²) in [5, 5.41) is 5.08. The Morgan fingerprint density at radius 3 is 2.32 bits per heavy atom. The summed E-state index contributed by atoms with van der Waals surface area (Å²) < 4.78 is 18.4. The molecule has 0 saturated carbocycles. The second-order valence-electron chi connectivity index (χ2n) is 7.52. The average molecular weight is 504 g/mol. The first-order valence-electron chi connectivity index (χ1n) is 10.5. The minimum Gasteiger partial charge on any atom is -0.495 e. The number of halogens is 2. The first kappa shape index (κ1) is 25.4. The average Bonchev–Trinajstić information content (AvgIpc) is 3.13. The zero-order valence-corrected chi connectivity index (χ0v) is 21.3. The summed E-state index contributed by atoms with van der Waals surface area (Å²) in [6.45, 7) is 2.10. The molecule has 0 radical (unpaired) electrons. The lowest BCUT2D eigenvalue weighted by atomic mass is 9.97. The van der Waals surface area contributed by atoms with Crippen LogP contribution < -0.4 is 19.9 Å². The monoisotopic (exact) mass is 503 g/mol.